The second kappa shape index (κ2) is 4.94. The molecule has 1 aromatic carbocycles. The molecule has 2 rings (SSSR count). The number of benzene rings is 1. The standard InChI is InChI=1S/C13H11ClN4/c1-8-4-10(16)7-17-13(8)18-12-3-2-9(6-15)5-11(12)14/h2-5,7H,16H2,1H3,(H,17,18). The summed E-state index contributed by atoms with van der Waals surface area (Å²) in [5.74, 6) is 0.691. The topological polar surface area (TPSA) is 74.7 Å². The first-order valence-corrected chi connectivity index (χ1v) is 5.67. The van der Waals surface area contributed by atoms with Gasteiger partial charge in [0.15, 0.2) is 0 Å². The zero-order valence-electron chi connectivity index (χ0n) is 9.74. The first-order valence-electron chi connectivity index (χ1n) is 5.29. The van der Waals surface area contributed by atoms with Crippen LogP contribution in [-0.4, -0.2) is 4.98 Å². The lowest BCUT2D eigenvalue weighted by molar-refractivity contribution is 1.26. The number of nitrogen functional groups attached to an aromatic ring is 1. The van der Waals surface area contributed by atoms with Gasteiger partial charge in [-0.25, -0.2) is 4.98 Å². The van der Waals surface area contributed by atoms with E-state index in [-0.39, 0.29) is 0 Å². The summed E-state index contributed by atoms with van der Waals surface area (Å²) in [6.07, 6.45) is 1.58. The quantitative estimate of drug-likeness (QED) is 0.867. The van der Waals surface area contributed by atoms with Gasteiger partial charge in [0.25, 0.3) is 0 Å². The van der Waals surface area contributed by atoms with E-state index >= 15 is 0 Å². The number of hydrogen-bond donors (Lipinski definition) is 2. The van der Waals surface area contributed by atoms with Crippen molar-refractivity contribution in [1.82, 2.24) is 4.98 Å². The molecule has 2 aromatic rings. The molecular formula is C13H11ClN4. The molecule has 1 aromatic heterocycles. The first-order chi connectivity index (χ1) is 8.60. The number of anilines is 3. The van der Waals surface area contributed by atoms with Crippen LogP contribution in [0, 0.1) is 18.3 Å². The number of hydrogen-bond acceptors (Lipinski definition) is 4. The molecule has 4 nitrogen and oxygen atoms in total. The summed E-state index contributed by atoms with van der Waals surface area (Å²) in [7, 11) is 0. The summed E-state index contributed by atoms with van der Waals surface area (Å²) in [6, 6.07) is 8.91. The zero-order chi connectivity index (χ0) is 13.1. The molecule has 5 heteroatoms. The average molecular weight is 259 g/mol. The van der Waals surface area contributed by atoms with E-state index in [9.17, 15) is 0 Å². The van der Waals surface area contributed by atoms with Gasteiger partial charge in [0.1, 0.15) is 5.82 Å². The normalized spacial score (nSPS) is 9.83. The van der Waals surface area contributed by atoms with Crippen molar-refractivity contribution in [1.29, 1.82) is 5.26 Å². The highest BCUT2D eigenvalue weighted by Crippen LogP contribution is 2.27. The lowest BCUT2D eigenvalue weighted by atomic mass is 10.2. The van der Waals surface area contributed by atoms with Crippen LogP contribution in [0.1, 0.15) is 11.1 Å². The number of nitrogens with zero attached hydrogens (tertiary/aromatic N) is 2. The van der Waals surface area contributed by atoms with E-state index in [4.69, 9.17) is 22.6 Å². The van der Waals surface area contributed by atoms with Gasteiger partial charge in [-0.1, -0.05) is 11.6 Å². The van der Waals surface area contributed by atoms with E-state index in [0.29, 0.717) is 27.8 Å². The van der Waals surface area contributed by atoms with E-state index in [1.165, 1.54) is 0 Å². The van der Waals surface area contributed by atoms with Crippen molar-refractivity contribution < 1.29 is 0 Å². The number of halogens is 1. The number of pyridine rings is 1. The Morgan fingerprint density at radius 1 is 1.39 bits per heavy atom. The molecule has 0 amide bonds. The van der Waals surface area contributed by atoms with Crippen molar-refractivity contribution in [2.24, 2.45) is 0 Å². The average Bonchev–Trinajstić information content (AvgIpc) is 2.34. The van der Waals surface area contributed by atoms with E-state index in [1.807, 2.05) is 19.1 Å². The number of nitriles is 1. The third-order valence-corrected chi connectivity index (χ3v) is 2.76. The van der Waals surface area contributed by atoms with Crippen LogP contribution in [0.3, 0.4) is 0 Å². The van der Waals surface area contributed by atoms with Gasteiger partial charge in [0.2, 0.25) is 0 Å². The molecule has 0 bridgehead atoms. The molecule has 0 atom stereocenters. The Bertz CT molecular complexity index is 631. The second-order valence-corrected chi connectivity index (χ2v) is 4.27. The van der Waals surface area contributed by atoms with Gasteiger partial charge in [-0.15, -0.1) is 0 Å². The number of aryl methyl sites for hydroxylation is 1. The van der Waals surface area contributed by atoms with E-state index < -0.39 is 0 Å². The van der Waals surface area contributed by atoms with Crippen molar-refractivity contribution in [3.8, 4) is 6.07 Å². The first kappa shape index (κ1) is 12.2. The molecular weight excluding hydrogens is 248 g/mol. The van der Waals surface area contributed by atoms with Crippen LogP contribution in [0.4, 0.5) is 17.2 Å². The van der Waals surface area contributed by atoms with Crippen molar-refractivity contribution >= 4 is 28.8 Å². The molecule has 90 valence electrons. The highest BCUT2D eigenvalue weighted by Gasteiger charge is 2.05. The second-order valence-electron chi connectivity index (χ2n) is 3.87. The highest BCUT2D eigenvalue weighted by molar-refractivity contribution is 6.33. The smallest absolute Gasteiger partial charge is 0.133 e. The minimum atomic E-state index is 0.479. The molecule has 0 saturated heterocycles. The van der Waals surface area contributed by atoms with Crippen molar-refractivity contribution in [3.05, 3.63) is 46.6 Å². The number of nitrogens with one attached hydrogen (secondary N) is 1. The number of rotatable bonds is 2. The Hall–Kier alpha value is -2.25. The van der Waals surface area contributed by atoms with Crippen molar-refractivity contribution in [2.45, 2.75) is 6.92 Å². The maximum Gasteiger partial charge on any atom is 0.133 e. The summed E-state index contributed by atoms with van der Waals surface area (Å²) in [6.45, 7) is 1.91. The van der Waals surface area contributed by atoms with Crippen LogP contribution in [-0.2, 0) is 0 Å². The molecule has 0 aliphatic carbocycles. The van der Waals surface area contributed by atoms with Gasteiger partial charge in [0, 0.05) is 0 Å². The van der Waals surface area contributed by atoms with Crippen molar-refractivity contribution in [3.63, 3.8) is 0 Å². The molecule has 0 unspecified atom stereocenters. The maximum absolute atomic E-state index is 8.76. The zero-order valence-corrected chi connectivity index (χ0v) is 10.5. The van der Waals surface area contributed by atoms with Crippen LogP contribution in [0.2, 0.25) is 5.02 Å². The van der Waals surface area contributed by atoms with Gasteiger partial charge in [-0.05, 0) is 36.8 Å². The SMILES string of the molecule is Cc1cc(N)cnc1Nc1ccc(C#N)cc1Cl. The number of aromatic nitrogens is 1. The fourth-order valence-corrected chi connectivity index (χ4v) is 1.77. The van der Waals surface area contributed by atoms with E-state index in [1.54, 1.807) is 24.4 Å². The Labute approximate surface area is 110 Å². The Morgan fingerprint density at radius 3 is 2.78 bits per heavy atom. The summed E-state index contributed by atoms with van der Waals surface area (Å²) in [4.78, 5) is 4.20. The minimum Gasteiger partial charge on any atom is -0.397 e. The highest BCUT2D eigenvalue weighted by atomic mass is 35.5. The molecule has 18 heavy (non-hydrogen) atoms. The van der Waals surface area contributed by atoms with Crippen molar-refractivity contribution in [2.75, 3.05) is 11.1 Å². The molecule has 0 spiro atoms. The van der Waals surface area contributed by atoms with E-state index in [0.717, 1.165) is 5.56 Å². The van der Waals surface area contributed by atoms with Crippen LogP contribution in [0.25, 0.3) is 0 Å². The van der Waals surface area contributed by atoms with Crippen LogP contribution in [0.15, 0.2) is 30.5 Å². The maximum atomic E-state index is 8.76. The lowest BCUT2D eigenvalue weighted by Gasteiger charge is -2.10. The summed E-state index contributed by atoms with van der Waals surface area (Å²) in [5, 5.41) is 12.4. The van der Waals surface area contributed by atoms with Gasteiger partial charge in [-0.3, -0.25) is 0 Å². The number of nitrogens with two attached hydrogens (primary N) is 1. The fourth-order valence-electron chi connectivity index (χ4n) is 1.54. The molecule has 0 fully saturated rings. The third kappa shape index (κ3) is 2.53. The molecule has 1 heterocycles. The van der Waals surface area contributed by atoms with Crippen LogP contribution in [0.5, 0.6) is 0 Å². The monoisotopic (exact) mass is 258 g/mol. The Balaban J connectivity index is 2.32. The molecule has 0 radical (unpaired) electrons. The van der Waals surface area contributed by atoms with Crippen LogP contribution >= 0.6 is 11.6 Å². The van der Waals surface area contributed by atoms with Gasteiger partial charge in [-0.2, -0.15) is 5.26 Å². The summed E-state index contributed by atoms with van der Waals surface area (Å²) >= 11 is 6.08. The summed E-state index contributed by atoms with van der Waals surface area (Å²) < 4.78 is 0. The fraction of sp³-hybridized carbons (Fsp3) is 0.0769. The van der Waals surface area contributed by atoms with E-state index in [2.05, 4.69) is 10.3 Å². The lowest BCUT2D eigenvalue weighted by Crippen LogP contribution is -1.98. The third-order valence-electron chi connectivity index (χ3n) is 2.45. The van der Waals surface area contributed by atoms with Gasteiger partial charge >= 0.3 is 0 Å². The molecule has 3 N–H and O–H groups in total. The predicted molar refractivity (Wildman–Crippen MR) is 72.8 cm³/mol. The predicted octanol–water partition coefficient (Wildman–Crippen LogP) is 3.24. The summed E-state index contributed by atoms with van der Waals surface area (Å²) in [5.41, 5.74) is 8.40. The Kier molecular flexibility index (Phi) is 3.35. The molecule has 0 aliphatic rings. The molecule has 0 saturated carbocycles. The molecule has 0 aliphatic heterocycles. The van der Waals surface area contributed by atoms with Crippen LogP contribution < -0.4 is 11.1 Å². The van der Waals surface area contributed by atoms with Gasteiger partial charge in [0.05, 0.1) is 34.2 Å². The Morgan fingerprint density at radius 2 is 2.17 bits per heavy atom. The van der Waals surface area contributed by atoms with Gasteiger partial charge < -0.3 is 11.1 Å². The largest absolute Gasteiger partial charge is 0.397 e. The minimum absolute atomic E-state index is 0.479.